The van der Waals surface area contributed by atoms with Gasteiger partial charge in [0.2, 0.25) is 10.0 Å². The molecule has 1 saturated heterocycles. The van der Waals surface area contributed by atoms with Crippen LogP contribution in [0.4, 0.5) is 11.4 Å². The molecule has 6 nitrogen and oxygen atoms in total. The van der Waals surface area contributed by atoms with Crippen LogP contribution in [0.1, 0.15) is 54.2 Å². The van der Waals surface area contributed by atoms with Crippen molar-refractivity contribution in [1.82, 2.24) is 5.32 Å². The van der Waals surface area contributed by atoms with E-state index >= 15 is 0 Å². The lowest BCUT2D eigenvalue weighted by Crippen LogP contribution is -2.32. The van der Waals surface area contributed by atoms with E-state index in [-0.39, 0.29) is 11.9 Å². The van der Waals surface area contributed by atoms with Crippen LogP contribution in [0.2, 0.25) is 0 Å². The first kappa shape index (κ1) is 23.1. The third-order valence-corrected chi connectivity index (χ3v) is 7.39. The Kier molecular flexibility index (Phi) is 6.94. The number of benzene rings is 2. The number of aryl methyl sites for hydroxylation is 1. The van der Waals surface area contributed by atoms with Crippen molar-refractivity contribution < 1.29 is 13.2 Å². The van der Waals surface area contributed by atoms with Gasteiger partial charge in [-0.2, -0.15) is 0 Å². The maximum atomic E-state index is 12.8. The molecule has 1 atom stereocenters. The van der Waals surface area contributed by atoms with Crippen LogP contribution in [0.5, 0.6) is 0 Å². The highest BCUT2D eigenvalue weighted by Crippen LogP contribution is 2.26. The summed E-state index contributed by atoms with van der Waals surface area (Å²) >= 11 is 0. The predicted molar refractivity (Wildman–Crippen MR) is 127 cm³/mol. The third-order valence-electron chi connectivity index (χ3n) is 6.20. The first-order valence-corrected chi connectivity index (χ1v) is 12.6. The van der Waals surface area contributed by atoms with Gasteiger partial charge < -0.3 is 10.2 Å². The van der Waals surface area contributed by atoms with Gasteiger partial charge in [-0.1, -0.05) is 25.1 Å². The smallest absolute Gasteiger partial charge is 0.251 e. The van der Waals surface area contributed by atoms with Gasteiger partial charge in [0.15, 0.2) is 0 Å². The SMILES string of the molecule is Cc1ccc(C(=O)N[C@@H](C)c2ccc(N3CCC(C)CC3)cc2)cc1N(C)S(C)(=O)=O. The molecule has 0 radical (unpaired) electrons. The molecule has 1 N–H and O–H groups in total. The van der Waals surface area contributed by atoms with Crippen molar-refractivity contribution in [2.24, 2.45) is 5.92 Å². The van der Waals surface area contributed by atoms with Gasteiger partial charge in [0.05, 0.1) is 18.0 Å². The topological polar surface area (TPSA) is 69.7 Å². The fraction of sp³-hybridized carbons (Fsp3) is 0.458. The molecule has 0 unspecified atom stereocenters. The standard InChI is InChI=1S/C24H33N3O3S/c1-17-12-14-27(15-13-17)22-10-8-20(9-11-22)19(3)25-24(28)21-7-6-18(2)23(16-21)26(4)31(5,29)30/h6-11,16-17,19H,12-15H2,1-5H3,(H,25,28)/t19-/m0/s1. The number of hydrogen-bond acceptors (Lipinski definition) is 4. The fourth-order valence-corrected chi connectivity index (χ4v) is 4.43. The summed E-state index contributed by atoms with van der Waals surface area (Å²) in [5.41, 5.74) is 3.98. The summed E-state index contributed by atoms with van der Waals surface area (Å²) in [4.78, 5) is 15.2. The van der Waals surface area contributed by atoms with E-state index in [0.717, 1.165) is 36.4 Å². The van der Waals surface area contributed by atoms with E-state index in [9.17, 15) is 13.2 Å². The maximum absolute atomic E-state index is 12.8. The second-order valence-corrected chi connectivity index (χ2v) is 10.7. The number of carbonyl (C=O) groups excluding carboxylic acids is 1. The Bertz CT molecular complexity index is 1030. The van der Waals surface area contributed by atoms with Crippen molar-refractivity contribution in [3.05, 3.63) is 59.2 Å². The fourth-order valence-electron chi connectivity index (χ4n) is 3.87. The van der Waals surface area contributed by atoms with Gasteiger partial charge in [0.1, 0.15) is 0 Å². The minimum absolute atomic E-state index is 0.166. The average Bonchev–Trinajstić information content (AvgIpc) is 2.73. The van der Waals surface area contributed by atoms with Crippen molar-refractivity contribution in [3.8, 4) is 0 Å². The van der Waals surface area contributed by atoms with Crippen LogP contribution in [0, 0.1) is 12.8 Å². The number of rotatable bonds is 6. The first-order chi connectivity index (χ1) is 14.6. The largest absolute Gasteiger partial charge is 0.372 e. The van der Waals surface area contributed by atoms with Crippen molar-refractivity contribution in [3.63, 3.8) is 0 Å². The van der Waals surface area contributed by atoms with Crippen molar-refractivity contribution >= 4 is 27.3 Å². The average molecular weight is 444 g/mol. The number of anilines is 2. The number of nitrogens with one attached hydrogen (secondary N) is 1. The number of carbonyl (C=O) groups is 1. The normalized spacial score (nSPS) is 16.1. The summed E-state index contributed by atoms with van der Waals surface area (Å²) in [6, 6.07) is 13.3. The summed E-state index contributed by atoms with van der Waals surface area (Å²) in [5, 5.41) is 3.02. The molecule has 0 aliphatic carbocycles. The van der Waals surface area contributed by atoms with Crippen LogP contribution >= 0.6 is 0 Å². The molecule has 1 amide bonds. The van der Waals surface area contributed by atoms with E-state index in [1.807, 2.05) is 13.8 Å². The van der Waals surface area contributed by atoms with Gasteiger partial charge in [0, 0.05) is 31.4 Å². The Hall–Kier alpha value is -2.54. The van der Waals surface area contributed by atoms with Crippen LogP contribution < -0.4 is 14.5 Å². The molecule has 2 aromatic carbocycles. The van der Waals surface area contributed by atoms with Crippen LogP contribution in [-0.2, 0) is 10.0 Å². The highest BCUT2D eigenvalue weighted by Gasteiger charge is 2.19. The van der Waals surface area contributed by atoms with Crippen LogP contribution in [-0.4, -0.2) is 40.7 Å². The lowest BCUT2D eigenvalue weighted by atomic mass is 9.98. The monoisotopic (exact) mass is 443 g/mol. The molecule has 31 heavy (non-hydrogen) atoms. The lowest BCUT2D eigenvalue weighted by molar-refractivity contribution is 0.0940. The number of sulfonamides is 1. The lowest BCUT2D eigenvalue weighted by Gasteiger charge is -2.32. The highest BCUT2D eigenvalue weighted by molar-refractivity contribution is 7.92. The molecule has 1 aliphatic rings. The quantitative estimate of drug-likeness (QED) is 0.729. The maximum Gasteiger partial charge on any atom is 0.251 e. The Balaban J connectivity index is 1.69. The molecule has 3 rings (SSSR count). The molecule has 0 aromatic heterocycles. The Morgan fingerprint density at radius 2 is 1.74 bits per heavy atom. The third kappa shape index (κ3) is 5.58. The van der Waals surface area contributed by atoms with Gasteiger partial charge in [0.25, 0.3) is 5.91 Å². The van der Waals surface area contributed by atoms with Gasteiger partial charge in [-0.25, -0.2) is 8.42 Å². The molecule has 1 fully saturated rings. The van der Waals surface area contributed by atoms with Gasteiger partial charge in [-0.3, -0.25) is 9.10 Å². The zero-order valence-corrected chi connectivity index (χ0v) is 19.9. The van der Waals surface area contributed by atoms with E-state index in [1.54, 1.807) is 18.2 Å². The zero-order chi connectivity index (χ0) is 22.8. The number of nitrogens with zero attached hydrogens (tertiary/aromatic N) is 2. The Morgan fingerprint density at radius 3 is 2.32 bits per heavy atom. The van der Waals surface area contributed by atoms with Crippen molar-refractivity contribution in [2.45, 2.75) is 39.7 Å². The second kappa shape index (κ2) is 9.30. The van der Waals surface area contributed by atoms with Gasteiger partial charge in [-0.05, 0) is 68.0 Å². The van der Waals surface area contributed by atoms with Crippen molar-refractivity contribution in [1.29, 1.82) is 0 Å². The molecular formula is C24H33N3O3S. The zero-order valence-electron chi connectivity index (χ0n) is 19.1. The molecule has 1 heterocycles. The van der Waals surface area contributed by atoms with Crippen LogP contribution in [0.15, 0.2) is 42.5 Å². The molecule has 168 valence electrons. The number of amides is 1. The predicted octanol–water partition coefficient (Wildman–Crippen LogP) is 4.12. The van der Waals surface area contributed by atoms with Gasteiger partial charge >= 0.3 is 0 Å². The molecule has 7 heteroatoms. The summed E-state index contributed by atoms with van der Waals surface area (Å²) in [6.45, 7) is 8.26. The van der Waals surface area contributed by atoms with E-state index in [2.05, 4.69) is 41.4 Å². The van der Waals surface area contributed by atoms with E-state index < -0.39 is 10.0 Å². The Labute approximate surface area is 186 Å². The molecule has 2 aromatic rings. The summed E-state index contributed by atoms with van der Waals surface area (Å²) < 4.78 is 25.0. The summed E-state index contributed by atoms with van der Waals surface area (Å²) in [7, 11) is -1.91. The molecule has 0 bridgehead atoms. The first-order valence-electron chi connectivity index (χ1n) is 10.8. The number of piperidine rings is 1. The summed E-state index contributed by atoms with van der Waals surface area (Å²) in [5.74, 6) is 0.565. The van der Waals surface area contributed by atoms with Crippen LogP contribution in [0.3, 0.4) is 0 Å². The summed E-state index contributed by atoms with van der Waals surface area (Å²) in [6.07, 6.45) is 3.60. The van der Waals surface area contributed by atoms with E-state index in [4.69, 9.17) is 0 Å². The number of hydrogen-bond donors (Lipinski definition) is 1. The van der Waals surface area contributed by atoms with Crippen LogP contribution in [0.25, 0.3) is 0 Å². The molecule has 0 saturated carbocycles. The molecular weight excluding hydrogens is 410 g/mol. The molecule has 0 spiro atoms. The second-order valence-electron chi connectivity index (χ2n) is 8.69. The van der Waals surface area contributed by atoms with E-state index in [0.29, 0.717) is 11.3 Å². The van der Waals surface area contributed by atoms with Crippen molar-refractivity contribution in [2.75, 3.05) is 35.6 Å². The van der Waals surface area contributed by atoms with Gasteiger partial charge in [-0.15, -0.1) is 0 Å². The highest BCUT2D eigenvalue weighted by atomic mass is 32.2. The minimum atomic E-state index is -3.41. The Morgan fingerprint density at radius 1 is 1.13 bits per heavy atom. The molecule has 1 aliphatic heterocycles. The van der Waals surface area contributed by atoms with E-state index in [1.165, 1.54) is 29.9 Å². The minimum Gasteiger partial charge on any atom is -0.372 e.